The molecule has 0 N–H and O–H groups in total. The van der Waals surface area contributed by atoms with E-state index in [-0.39, 0.29) is 17.6 Å². The Morgan fingerprint density at radius 2 is 1.38 bits per heavy atom. The van der Waals surface area contributed by atoms with Gasteiger partial charge in [0.1, 0.15) is 17.4 Å². The van der Waals surface area contributed by atoms with Crippen LogP contribution in [0.25, 0.3) is 0 Å². The zero-order chi connectivity index (χ0) is 23.9. The lowest BCUT2D eigenvalue weighted by Crippen LogP contribution is -2.21. The molecule has 0 aromatic heterocycles. The van der Waals surface area contributed by atoms with Crippen molar-refractivity contribution >= 4 is 0 Å². The molecule has 0 heterocycles. The van der Waals surface area contributed by atoms with Gasteiger partial charge >= 0.3 is 0 Å². The first kappa shape index (κ1) is 24.9. The van der Waals surface area contributed by atoms with E-state index in [1.165, 1.54) is 43.0 Å². The van der Waals surface area contributed by atoms with Crippen LogP contribution in [0.4, 0.5) is 8.78 Å². The van der Waals surface area contributed by atoms with Gasteiger partial charge in [0, 0.05) is 12.2 Å². The number of ether oxygens (including phenoxy) is 2. The van der Waals surface area contributed by atoms with Gasteiger partial charge in [-0.25, -0.2) is 8.78 Å². The van der Waals surface area contributed by atoms with Gasteiger partial charge < -0.3 is 9.47 Å². The molecule has 2 fully saturated rings. The molecule has 2 saturated carbocycles. The van der Waals surface area contributed by atoms with E-state index in [0.717, 1.165) is 69.3 Å². The molecular weight excluding hydrogens is 430 g/mol. The lowest BCUT2D eigenvalue weighted by Gasteiger charge is -2.29. The maximum Gasteiger partial charge on any atom is 0.129 e. The topological polar surface area (TPSA) is 18.5 Å². The SMILES string of the molecule is C=C1CCC(c2ccc(OCCCCOC3CCC(c4cc(F)c(C)c(F)c4)CC3)cc2)CC1. The lowest BCUT2D eigenvalue weighted by molar-refractivity contribution is 0.0216. The number of hydrogen-bond donors (Lipinski definition) is 0. The summed E-state index contributed by atoms with van der Waals surface area (Å²) in [5.74, 6) is 0.935. The van der Waals surface area contributed by atoms with Gasteiger partial charge in [-0.2, -0.15) is 0 Å². The highest BCUT2D eigenvalue weighted by Crippen LogP contribution is 2.36. The smallest absolute Gasteiger partial charge is 0.129 e. The Hall–Kier alpha value is -2.20. The molecule has 2 aromatic rings. The lowest BCUT2D eigenvalue weighted by atomic mass is 9.82. The van der Waals surface area contributed by atoms with Crippen LogP contribution in [0.15, 0.2) is 48.6 Å². The molecule has 2 nitrogen and oxygen atoms in total. The number of benzene rings is 2. The molecule has 0 spiro atoms. The number of allylic oxidation sites excluding steroid dienone is 1. The third-order valence-corrected chi connectivity index (χ3v) is 7.65. The fraction of sp³-hybridized carbons (Fsp3) is 0.533. The summed E-state index contributed by atoms with van der Waals surface area (Å²) < 4.78 is 39.7. The van der Waals surface area contributed by atoms with E-state index in [1.54, 1.807) is 0 Å². The Bertz CT molecular complexity index is 912. The van der Waals surface area contributed by atoms with Crippen molar-refractivity contribution in [1.82, 2.24) is 0 Å². The second-order valence-electron chi connectivity index (χ2n) is 10.1. The number of rotatable bonds is 9. The maximum atomic E-state index is 13.9. The first-order chi connectivity index (χ1) is 16.5. The summed E-state index contributed by atoms with van der Waals surface area (Å²) in [6, 6.07) is 11.6. The quantitative estimate of drug-likeness (QED) is 0.272. The predicted octanol–water partition coefficient (Wildman–Crippen LogP) is 8.39. The van der Waals surface area contributed by atoms with E-state index in [2.05, 4.69) is 30.8 Å². The third-order valence-electron chi connectivity index (χ3n) is 7.65. The van der Waals surface area contributed by atoms with Gasteiger partial charge in [0.05, 0.1) is 12.7 Å². The van der Waals surface area contributed by atoms with E-state index in [1.807, 2.05) is 0 Å². The van der Waals surface area contributed by atoms with Gasteiger partial charge in [0.25, 0.3) is 0 Å². The predicted molar refractivity (Wildman–Crippen MR) is 134 cm³/mol. The second-order valence-corrected chi connectivity index (χ2v) is 10.1. The van der Waals surface area contributed by atoms with Crippen molar-refractivity contribution in [3.05, 3.63) is 76.9 Å². The van der Waals surface area contributed by atoms with Crippen LogP contribution in [0, 0.1) is 18.6 Å². The van der Waals surface area contributed by atoms with Crippen LogP contribution < -0.4 is 4.74 Å². The Morgan fingerprint density at radius 3 is 2.03 bits per heavy atom. The van der Waals surface area contributed by atoms with E-state index < -0.39 is 11.6 Å². The Morgan fingerprint density at radius 1 is 0.794 bits per heavy atom. The average Bonchev–Trinajstić information content (AvgIpc) is 2.85. The van der Waals surface area contributed by atoms with Crippen LogP contribution >= 0.6 is 0 Å². The molecule has 4 rings (SSSR count). The van der Waals surface area contributed by atoms with Crippen LogP contribution in [0.3, 0.4) is 0 Å². The minimum atomic E-state index is -0.442. The van der Waals surface area contributed by atoms with E-state index in [4.69, 9.17) is 9.47 Å². The van der Waals surface area contributed by atoms with Crippen LogP contribution in [0.5, 0.6) is 5.75 Å². The summed E-state index contributed by atoms with van der Waals surface area (Å²) in [5, 5.41) is 0. The van der Waals surface area contributed by atoms with E-state index >= 15 is 0 Å². The van der Waals surface area contributed by atoms with Crippen LogP contribution in [0.2, 0.25) is 0 Å². The third kappa shape index (κ3) is 6.69. The molecule has 184 valence electrons. The van der Waals surface area contributed by atoms with Gasteiger partial charge in [0.15, 0.2) is 0 Å². The largest absolute Gasteiger partial charge is 0.494 e. The highest BCUT2D eigenvalue weighted by atomic mass is 19.1. The molecule has 0 atom stereocenters. The minimum absolute atomic E-state index is 0.105. The molecule has 2 aromatic carbocycles. The molecule has 4 heteroatoms. The first-order valence-electron chi connectivity index (χ1n) is 13.0. The zero-order valence-electron chi connectivity index (χ0n) is 20.5. The van der Waals surface area contributed by atoms with Crippen molar-refractivity contribution < 1.29 is 18.3 Å². The maximum absolute atomic E-state index is 13.9. The van der Waals surface area contributed by atoms with Gasteiger partial charge in [-0.1, -0.05) is 24.3 Å². The Labute approximate surface area is 203 Å². The van der Waals surface area contributed by atoms with Crippen LogP contribution in [-0.4, -0.2) is 19.3 Å². The van der Waals surface area contributed by atoms with Crippen molar-refractivity contribution in [1.29, 1.82) is 0 Å². The molecule has 0 aliphatic heterocycles. The standard InChI is InChI=1S/C30H38F2O2/c1-21-5-7-23(8-6-21)24-9-13-27(14-10-24)33-17-3-4-18-34-28-15-11-25(12-16-28)26-19-29(31)22(2)30(32)20-26/h9-10,13-14,19-20,23,25,28H,1,3-8,11-12,15-18H2,2H3. The number of unbranched alkanes of at least 4 members (excludes halogenated alkanes) is 1. The van der Waals surface area contributed by atoms with Crippen molar-refractivity contribution in [2.75, 3.05) is 13.2 Å². The van der Waals surface area contributed by atoms with E-state index in [9.17, 15) is 8.78 Å². The van der Waals surface area contributed by atoms with Crippen molar-refractivity contribution in [2.45, 2.75) is 89.1 Å². The summed E-state index contributed by atoms with van der Waals surface area (Å²) >= 11 is 0. The fourth-order valence-electron chi connectivity index (χ4n) is 5.30. The van der Waals surface area contributed by atoms with Crippen LogP contribution in [0.1, 0.15) is 92.7 Å². The Balaban J connectivity index is 1.09. The number of halogens is 2. The molecule has 34 heavy (non-hydrogen) atoms. The summed E-state index contributed by atoms with van der Waals surface area (Å²) in [6.45, 7) is 7.02. The minimum Gasteiger partial charge on any atom is -0.494 e. The normalized spacial score (nSPS) is 21.6. The summed E-state index contributed by atoms with van der Waals surface area (Å²) in [5.41, 5.74) is 3.70. The van der Waals surface area contributed by atoms with Gasteiger partial charge in [0.2, 0.25) is 0 Å². The highest BCUT2D eigenvalue weighted by molar-refractivity contribution is 5.30. The zero-order valence-corrected chi connectivity index (χ0v) is 20.5. The fourth-order valence-corrected chi connectivity index (χ4v) is 5.30. The van der Waals surface area contributed by atoms with E-state index in [0.29, 0.717) is 12.5 Å². The molecule has 0 unspecified atom stereocenters. The van der Waals surface area contributed by atoms with Crippen molar-refractivity contribution in [3.8, 4) is 5.75 Å². The molecule has 0 amide bonds. The van der Waals surface area contributed by atoms with Gasteiger partial charge in [-0.15, -0.1) is 0 Å². The molecule has 0 radical (unpaired) electrons. The van der Waals surface area contributed by atoms with Gasteiger partial charge in [-0.3, -0.25) is 0 Å². The first-order valence-corrected chi connectivity index (χ1v) is 13.0. The van der Waals surface area contributed by atoms with Gasteiger partial charge in [-0.05, 0) is 118 Å². The molecule has 0 bridgehead atoms. The second kappa shape index (κ2) is 12.0. The van der Waals surface area contributed by atoms with Crippen molar-refractivity contribution in [2.24, 2.45) is 0 Å². The molecule has 2 aliphatic carbocycles. The van der Waals surface area contributed by atoms with Crippen LogP contribution in [-0.2, 0) is 4.74 Å². The summed E-state index contributed by atoms with van der Waals surface area (Å²) in [4.78, 5) is 0. The molecule has 0 saturated heterocycles. The Kier molecular flexibility index (Phi) is 8.77. The molecular formula is C30H38F2O2. The monoisotopic (exact) mass is 468 g/mol. The summed E-state index contributed by atoms with van der Waals surface area (Å²) in [6.07, 6.45) is 10.6. The van der Waals surface area contributed by atoms with Crippen molar-refractivity contribution in [3.63, 3.8) is 0 Å². The summed E-state index contributed by atoms with van der Waals surface area (Å²) in [7, 11) is 0. The highest BCUT2D eigenvalue weighted by Gasteiger charge is 2.24. The number of hydrogen-bond acceptors (Lipinski definition) is 2. The average molecular weight is 469 g/mol. The molecule has 2 aliphatic rings.